The standard InChI is InChI=1S/C13H9F2N3/c1-18(12-5-3-2-4-9(12)7-16)13-11(15)6-10(14)8-17-13/h2-6,8H,1H3. The number of rotatable bonds is 2. The van der Waals surface area contributed by atoms with Crippen molar-refractivity contribution in [2.24, 2.45) is 0 Å². The summed E-state index contributed by atoms with van der Waals surface area (Å²) in [7, 11) is 1.57. The Labute approximate surface area is 103 Å². The Kier molecular flexibility index (Phi) is 3.20. The molecule has 0 fully saturated rings. The Morgan fingerprint density at radius 3 is 2.67 bits per heavy atom. The van der Waals surface area contributed by atoms with Crippen molar-refractivity contribution < 1.29 is 8.78 Å². The molecule has 3 nitrogen and oxygen atoms in total. The number of aromatic nitrogens is 1. The number of hydrogen-bond acceptors (Lipinski definition) is 3. The van der Waals surface area contributed by atoms with Crippen molar-refractivity contribution in [2.75, 3.05) is 11.9 Å². The van der Waals surface area contributed by atoms with Crippen LogP contribution in [0.5, 0.6) is 0 Å². The number of anilines is 2. The number of pyridine rings is 1. The lowest BCUT2D eigenvalue weighted by Gasteiger charge is -2.19. The van der Waals surface area contributed by atoms with Gasteiger partial charge in [-0.25, -0.2) is 13.8 Å². The molecule has 0 bridgehead atoms. The third kappa shape index (κ3) is 2.13. The Bertz CT molecular complexity index is 620. The van der Waals surface area contributed by atoms with Crippen LogP contribution in [0, 0.1) is 23.0 Å². The van der Waals surface area contributed by atoms with Gasteiger partial charge in [0.2, 0.25) is 0 Å². The average molecular weight is 245 g/mol. The summed E-state index contributed by atoms with van der Waals surface area (Å²) in [4.78, 5) is 5.11. The van der Waals surface area contributed by atoms with Crippen LogP contribution in [-0.4, -0.2) is 12.0 Å². The molecule has 90 valence electrons. The molecule has 0 saturated carbocycles. The van der Waals surface area contributed by atoms with Gasteiger partial charge in [0.15, 0.2) is 11.6 Å². The Balaban J connectivity index is 2.48. The van der Waals surface area contributed by atoms with Crippen LogP contribution in [-0.2, 0) is 0 Å². The number of para-hydroxylation sites is 1. The maximum atomic E-state index is 13.6. The van der Waals surface area contributed by atoms with E-state index < -0.39 is 11.6 Å². The van der Waals surface area contributed by atoms with Crippen LogP contribution in [0.25, 0.3) is 0 Å². The molecule has 0 radical (unpaired) electrons. The van der Waals surface area contributed by atoms with Crippen LogP contribution in [0.2, 0.25) is 0 Å². The van der Waals surface area contributed by atoms with Gasteiger partial charge in [0, 0.05) is 13.1 Å². The third-order valence-electron chi connectivity index (χ3n) is 2.49. The molecule has 0 amide bonds. The molecule has 0 atom stereocenters. The first kappa shape index (κ1) is 12.0. The summed E-state index contributed by atoms with van der Waals surface area (Å²) < 4.78 is 26.4. The zero-order valence-corrected chi connectivity index (χ0v) is 9.56. The van der Waals surface area contributed by atoms with E-state index in [-0.39, 0.29) is 5.82 Å². The van der Waals surface area contributed by atoms with E-state index in [0.29, 0.717) is 11.3 Å². The molecular weight excluding hydrogens is 236 g/mol. The molecule has 0 aliphatic rings. The molecule has 2 aromatic rings. The van der Waals surface area contributed by atoms with Crippen LogP contribution in [0.1, 0.15) is 5.56 Å². The summed E-state index contributed by atoms with van der Waals surface area (Å²) in [5.41, 5.74) is 0.906. The summed E-state index contributed by atoms with van der Waals surface area (Å²) in [6.07, 6.45) is 0.934. The molecule has 0 aliphatic carbocycles. The van der Waals surface area contributed by atoms with Crippen molar-refractivity contribution in [3.63, 3.8) is 0 Å². The fourth-order valence-corrected chi connectivity index (χ4v) is 1.63. The van der Waals surface area contributed by atoms with E-state index in [0.717, 1.165) is 12.3 Å². The second-order valence-electron chi connectivity index (χ2n) is 3.65. The molecule has 0 N–H and O–H groups in total. The van der Waals surface area contributed by atoms with E-state index in [9.17, 15) is 8.78 Å². The number of nitrogens with zero attached hydrogens (tertiary/aromatic N) is 3. The Hall–Kier alpha value is -2.48. The number of hydrogen-bond donors (Lipinski definition) is 0. The SMILES string of the molecule is CN(c1ccccc1C#N)c1ncc(F)cc1F. The van der Waals surface area contributed by atoms with Gasteiger partial charge >= 0.3 is 0 Å². The van der Waals surface area contributed by atoms with Crippen LogP contribution < -0.4 is 4.90 Å². The normalized spacial score (nSPS) is 9.89. The van der Waals surface area contributed by atoms with E-state index in [4.69, 9.17) is 5.26 Å². The van der Waals surface area contributed by atoms with Crippen LogP contribution in [0.15, 0.2) is 36.5 Å². The topological polar surface area (TPSA) is 39.9 Å². The molecule has 0 saturated heterocycles. The van der Waals surface area contributed by atoms with E-state index in [1.54, 1.807) is 31.3 Å². The van der Waals surface area contributed by atoms with Crippen LogP contribution in [0.4, 0.5) is 20.3 Å². The van der Waals surface area contributed by atoms with Gasteiger partial charge in [-0.15, -0.1) is 0 Å². The maximum absolute atomic E-state index is 13.6. The molecule has 2 rings (SSSR count). The summed E-state index contributed by atoms with van der Waals surface area (Å²) in [6, 6.07) is 9.50. The predicted molar refractivity (Wildman–Crippen MR) is 63.4 cm³/mol. The van der Waals surface area contributed by atoms with Gasteiger partial charge in [0.05, 0.1) is 17.4 Å². The van der Waals surface area contributed by atoms with Crippen molar-refractivity contribution in [3.05, 3.63) is 53.7 Å². The second-order valence-corrected chi connectivity index (χ2v) is 3.65. The molecule has 1 aromatic heterocycles. The average Bonchev–Trinajstić information content (AvgIpc) is 2.38. The molecule has 18 heavy (non-hydrogen) atoms. The predicted octanol–water partition coefficient (Wildman–Crippen LogP) is 3.00. The Morgan fingerprint density at radius 2 is 2.00 bits per heavy atom. The summed E-state index contributed by atoms with van der Waals surface area (Å²) >= 11 is 0. The minimum atomic E-state index is -0.773. The highest BCUT2D eigenvalue weighted by Gasteiger charge is 2.14. The van der Waals surface area contributed by atoms with Crippen molar-refractivity contribution >= 4 is 11.5 Å². The van der Waals surface area contributed by atoms with Crippen LogP contribution >= 0.6 is 0 Å². The van der Waals surface area contributed by atoms with Crippen molar-refractivity contribution in [3.8, 4) is 6.07 Å². The van der Waals surface area contributed by atoms with Gasteiger partial charge < -0.3 is 4.90 Å². The van der Waals surface area contributed by atoms with Gasteiger partial charge in [-0.1, -0.05) is 12.1 Å². The Morgan fingerprint density at radius 1 is 1.28 bits per heavy atom. The highest BCUT2D eigenvalue weighted by molar-refractivity contribution is 5.66. The lowest BCUT2D eigenvalue weighted by atomic mass is 10.2. The van der Waals surface area contributed by atoms with E-state index >= 15 is 0 Å². The number of benzene rings is 1. The second kappa shape index (κ2) is 4.80. The maximum Gasteiger partial charge on any atom is 0.169 e. The zero-order chi connectivity index (χ0) is 13.1. The molecular formula is C13H9F2N3. The first-order valence-electron chi connectivity index (χ1n) is 5.17. The van der Waals surface area contributed by atoms with Crippen molar-refractivity contribution in [1.82, 2.24) is 4.98 Å². The molecule has 0 unspecified atom stereocenters. The zero-order valence-electron chi connectivity index (χ0n) is 9.56. The minimum absolute atomic E-state index is 0.0286. The largest absolute Gasteiger partial charge is 0.326 e. The first-order valence-corrected chi connectivity index (χ1v) is 5.17. The summed E-state index contributed by atoms with van der Waals surface area (Å²) in [5.74, 6) is -1.54. The number of halogens is 2. The monoisotopic (exact) mass is 245 g/mol. The first-order chi connectivity index (χ1) is 8.63. The fraction of sp³-hybridized carbons (Fsp3) is 0.0769. The van der Waals surface area contributed by atoms with E-state index in [1.807, 2.05) is 6.07 Å². The lowest BCUT2D eigenvalue weighted by Crippen LogP contribution is -2.14. The van der Waals surface area contributed by atoms with E-state index in [1.165, 1.54) is 4.90 Å². The lowest BCUT2D eigenvalue weighted by molar-refractivity contribution is 0.573. The van der Waals surface area contributed by atoms with Gasteiger partial charge in [0.25, 0.3) is 0 Å². The summed E-state index contributed by atoms with van der Waals surface area (Å²) in [6.45, 7) is 0. The smallest absolute Gasteiger partial charge is 0.169 e. The van der Waals surface area contributed by atoms with Gasteiger partial charge in [0.1, 0.15) is 11.9 Å². The fourth-order valence-electron chi connectivity index (χ4n) is 1.63. The summed E-state index contributed by atoms with van der Waals surface area (Å²) in [5, 5.41) is 8.98. The molecule has 0 aliphatic heterocycles. The van der Waals surface area contributed by atoms with Gasteiger partial charge in [-0.2, -0.15) is 5.26 Å². The highest BCUT2D eigenvalue weighted by atomic mass is 19.1. The quantitative estimate of drug-likeness (QED) is 0.816. The van der Waals surface area contributed by atoms with Gasteiger partial charge in [-0.3, -0.25) is 0 Å². The molecule has 5 heteroatoms. The molecule has 1 heterocycles. The minimum Gasteiger partial charge on any atom is -0.326 e. The van der Waals surface area contributed by atoms with Crippen LogP contribution in [0.3, 0.4) is 0 Å². The highest BCUT2D eigenvalue weighted by Crippen LogP contribution is 2.26. The van der Waals surface area contributed by atoms with Gasteiger partial charge in [-0.05, 0) is 12.1 Å². The number of nitriles is 1. The van der Waals surface area contributed by atoms with Crippen molar-refractivity contribution in [2.45, 2.75) is 0 Å². The third-order valence-corrected chi connectivity index (χ3v) is 2.49. The van der Waals surface area contributed by atoms with E-state index in [2.05, 4.69) is 4.98 Å². The molecule has 0 spiro atoms. The van der Waals surface area contributed by atoms with Crippen molar-refractivity contribution in [1.29, 1.82) is 5.26 Å². The molecule has 1 aromatic carbocycles.